The minimum absolute atomic E-state index is 0.476. The third-order valence-electron chi connectivity index (χ3n) is 4.55. The third kappa shape index (κ3) is 21.0. The standard InChI is InChI=1S/C21H41NO2/c1-2-3-4-5-6-7-8-9-10-11-12-13-14-15-16-17-18-19-20-24-21(22)23/h2H,1,3-20H2,(H2,22,23). The molecule has 0 unspecified atom stereocenters. The number of carbonyl (C=O) groups excluding carboxylic acids is 1. The van der Waals surface area contributed by atoms with E-state index in [1.54, 1.807) is 0 Å². The Hall–Kier alpha value is -0.990. The zero-order chi connectivity index (χ0) is 17.7. The molecule has 3 heteroatoms. The monoisotopic (exact) mass is 339 g/mol. The lowest BCUT2D eigenvalue weighted by Crippen LogP contribution is -2.13. The van der Waals surface area contributed by atoms with Gasteiger partial charge in [0, 0.05) is 0 Å². The predicted octanol–water partition coefficient (Wildman–Crippen LogP) is 6.90. The Bertz CT molecular complexity index is 279. The van der Waals surface area contributed by atoms with Gasteiger partial charge in [0.1, 0.15) is 0 Å². The molecular formula is C21H41NO2. The molecule has 0 aliphatic carbocycles. The van der Waals surface area contributed by atoms with Crippen LogP contribution in [-0.2, 0) is 4.74 Å². The summed E-state index contributed by atoms with van der Waals surface area (Å²) in [5, 5.41) is 0. The lowest BCUT2D eigenvalue weighted by atomic mass is 10.0. The van der Waals surface area contributed by atoms with Gasteiger partial charge in [-0.3, -0.25) is 0 Å². The van der Waals surface area contributed by atoms with Crippen molar-refractivity contribution in [1.82, 2.24) is 0 Å². The molecule has 0 rings (SSSR count). The number of ether oxygens (including phenoxy) is 1. The van der Waals surface area contributed by atoms with E-state index in [0.717, 1.165) is 12.8 Å². The molecule has 0 radical (unpaired) electrons. The molecule has 0 aliphatic heterocycles. The normalized spacial score (nSPS) is 10.7. The first-order valence-corrected chi connectivity index (χ1v) is 10.3. The number of carbonyl (C=O) groups is 1. The fourth-order valence-electron chi connectivity index (χ4n) is 3.04. The first kappa shape index (κ1) is 23.0. The third-order valence-corrected chi connectivity index (χ3v) is 4.55. The van der Waals surface area contributed by atoms with Crippen molar-refractivity contribution in [2.75, 3.05) is 6.61 Å². The lowest BCUT2D eigenvalue weighted by molar-refractivity contribution is 0.154. The van der Waals surface area contributed by atoms with Crippen molar-refractivity contribution < 1.29 is 9.53 Å². The Morgan fingerprint density at radius 1 is 0.667 bits per heavy atom. The second-order valence-electron chi connectivity index (χ2n) is 6.90. The van der Waals surface area contributed by atoms with Crippen LogP contribution in [0.5, 0.6) is 0 Å². The van der Waals surface area contributed by atoms with Crippen LogP contribution in [0.4, 0.5) is 4.79 Å². The van der Waals surface area contributed by atoms with Crippen molar-refractivity contribution in [3.63, 3.8) is 0 Å². The quantitative estimate of drug-likeness (QED) is 0.205. The summed E-state index contributed by atoms with van der Waals surface area (Å²) in [5.74, 6) is 0. The van der Waals surface area contributed by atoms with E-state index < -0.39 is 6.09 Å². The molecule has 0 aliphatic rings. The molecule has 0 aromatic rings. The van der Waals surface area contributed by atoms with Gasteiger partial charge < -0.3 is 10.5 Å². The van der Waals surface area contributed by atoms with E-state index in [1.807, 2.05) is 6.08 Å². The summed E-state index contributed by atoms with van der Waals surface area (Å²) >= 11 is 0. The average Bonchev–Trinajstić information content (AvgIpc) is 2.56. The Labute approximate surface area is 150 Å². The van der Waals surface area contributed by atoms with Gasteiger partial charge >= 0.3 is 6.09 Å². The molecule has 2 N–H and O–H groups in total. The van der Waals surface area contributed by atoms with Crippen molar-refractivity contribution in [3.8, 4) is 0 Å². The fourth-order valence-corrected chi connectivity index (χ4v) is 3.04. The van der Waals surface area contributed by atoms with Crippen molar-refractivity contribution in [2.45, 2.75) is 109 Å². The van der Waals surface area contributed by atoms with Crippen molar-refractivity contribution in [3.05, 3.63) is 12.7 Å². The Morgan fingerprint density at radius 2 is 1.00 bits per heavy atom. The highest BCUT2D eigenvalue weighted by Crippen LogP contribution is 2.14. The largest absolute Gasteiger partial charge is 0.450 e. The second kappa shape index (κ2) is 20.1. The van der Waals surface area contributed by atoms with Crippen LogP contribution in [0.15, 0.2) is 12.7 Å². The predicted molar refractivity (Wildman–Crippen MR) is 104 cm³/mol. The highest BCUT2D eigenvalue weighted by atomic mass is 16.5. The number of allylic oxidation sites excluding steroid dienone is 1. The number of rotatable bonds is 19. The minimum Gasteiger partial charge on any atom is -0.450 e. The van der Waals surface area contributed by atoms with Crippen LogP contribution >= 0.6 is 0 Å². The lowest BCUT2D eigenvalue weighted by Gasteiger charge is -2.04. The van der Waals surface area contributed by atoms with E-state index >= 15 is 0 Å². The van der Waals surface area contributed by atoms with Gasteiger partial charge in [-0.15, -0.1) is 6.58 Å². The minimum atomic E-state index is -0.654. The van der Waals surface area contributed by atoms with Crippen molar-refractivity contribution in [2.24, 2.45) is 5.73 Å². The summed E-state index contributed by atoms with van der Waals surface area (Å²) in [4.78, 5) is 10.4. The highest BCUT2D eigenvalue weighted by Gasteiger charge is 1.96. The second-order valence-corrected chi connectivity index (χ2v) is 6.90. The zero-order valence-electron chi connectivity index (χ0n) is 15.9. The molecule has 142 valence electrons. The summed E-state index contributed by atoms with van der Waals surface area (Å²) in [7, 11) is 0. The molecule has 24 heavy (non-hydrogen) atoms. The van der Waals surface area contributed by atoms with Gasteiger partial charge in [0.2, 0.25) is 0 Å². The molecule has 0 fully saturated rings. The maximum Gasteiger partial charge on any atom is 0.404 e. The van der Waals surface area contributed by atoms with Gasteiger partial charge in [-0.05, 0) is 19.3 Å². The highest BCUT2D eigenvalue weighted by molar-refractivity contribution is 5.64. The molecule has 0 bridgehead atoms. The number of hydrogen-bond acceptors (Lipinski definition) is 2. The van der Waals surface area contributed by atoms with Gasteiger partial charge in [-0.25, -0.2) is 4.79 Å². The van der Waals surface area contributed by atoms with Crippen LogP contribution in [0.2, 0.25) is 0 Å². The van der Waals surface area contributed by atoms with Gasteiger partial charge in [0.25, 0.3) is 0 Å². The topological polar surface area (TPSA) is 52.3 Å². The summed E-state index contributed by atoms with van der Waals surface area (Å²) in [6.45, 7) is 4.24. The van der Waals surface area contributed by atoms with E-state index in [4.69, 9.17) is 10.5 Å². The van der Waals surface area contributed by atoms with Crippen LogP contribution in [0.3, 0.4) is 0 Å². The van der Waals surface area contributed by atoms with Gasteiger partial charge in [0.15, 0.2) is 0 Å². The number of amides is 1. The SMILES string of the molecule is C=CCCCCCCCCCCCCCCCCCCOC(N)=O. The number of nitrogens with two attached hydrogens (primary N) is 1. The van der Waals surface area contributed by atoms with Crippen LogP contribution in [-0.4, -0.2) is 12.7 Å². The van der Waals surface area contributed by atoms with Gasteiger partial charge in [0.05, 0.1) is 6.61 Å². The van der Waals surface area contributed by atoms with E-state index in [0.29, 0.717) is 6.61 Å². The van der Waals surface area contributed by atoms with Gasteiger partial charge in [-0.2, -0.15) is 0 Å². The molecule has 0 saturated carbocycles. The molecule has 0 saturated heterocycles. The summed E-state index contributed by atoms with van der Waals surface area (Å²) in [6.07, 6.45) is 23.9. The average molecular weight is 340 g/mol. The van der Waals surface area contributed by atoms with Crippen LogP contribution < -0.4 is 5.73 Å². The Morgan fingerprint density at radius 3 is 1.33 bits per heavy atom. The van der Waals surface area contributed by atoms with E-state index in [1.165, 1.54) is 96.3 Å². The molecule has 0 atom stereocenters. The van der Waals surface area contributed by atoms with Crippen molar-refractivity contribution >= 4 is 6.09 Å². The maximum absolute atomic E-state index is 10.4. The van der Waals surface area contributed by atoms with E-state index in [2.05, 4.69) is 6.58 Å². The number of hydrogen-bond donors (Lipinski definition) is 1. The van der Waals surface area contributed by atoms with Crippen LogP contribution in [0.25, 0.3) is 0 Å². The van der Waals surface area contributed by atoms with Gasteiger partial charge in [-0.1, -0.05) is 96.0 Å². The summed E-state index contributed by atoms with van der Waals surface area (Å²) < 4.78 is 4.71. The molecular weight excluding hydrogens is 298 g/mol. The first-order valence-electron chi connectivity index (χ1n) is 10.3. The summed E-state index contributed by atoms with van der Waals surface area (Å²) in [6, 6.07) is 0. The van der Waals surface area contributed by atoms with Crippen LogP contribution in [0.1, 0.15) is 109 Å². The Balaban J connectivity index is 2.98. The maximum atomic E-state index is 10.4. The molecule has 1 amide bonds. The number of unbranched alkanes of at least 4 members (excludes halogenated alkanes) is 16. The van der Waals surface area contributed by atoms with Crippen molar-refractivity contribution in [1.29, 1.82) is 0 Å². The van der Waals surface area contributed by atoms with Crippen LogP contribution in [0, 0.1) is 0 Å². The summed E-state index contributed by atoms with van der Waals surface area (Å²) in [5.41, 5.74) is 4.90. The zero-order valence-corrected chi connectivity index (χ0v) is 15.9. The molecule has 3 nitrogen and oxygen atoms in total. The molecule has 0 aromatic heterocycles. The molecule has 0 aromatic carbocycles. The molecule has 0 spiro atoms. The number of primary amides is 1. The molecule has 0 heterocycles. The fraction of sp³-hybridized carbons (Fsp3) is 0.857. The Kier molecular flexibility index (Phi) is 19.2. The first-order chi connectivity index (χ1) is 11.8. The van der Waals surface area contributed by atoms with E-state index in [9.17, 15) is 4.79 Å². The van der Waals surface area contributed by atoms with E-state index in [-0.39, 0.29) is 0 Å². The smallest absolute Gasteiger partial charge is 0.404 e.